The predicted octanol–water partition coefficient (Wildman–Crippen LogP) is 1.94. The normalized spacial score (nSPS) is 13.2. The van der Waals surface area contributed by atoms with Crippen LogP contribution >= 0.6 is 23.5 Å². The van der Waals surface area contributed by atoms with Gasteiger partial charge in [0.05, 0.1) is 18.6 Å². The lowest BCUT2D eigenvalue weighted by Gasteiger charge is -2.13. The Kier molecular flexibility index (Phi) is 5.49. The van der Waals surface area contributed by atoms with E-state index < -0.39 is 5.97 Å². The monoisotopic (exact) mass is 310 g/mol. The minimum atomic E-state index is -0.457. The van der Waals surface area contributed by atoms with Crippen molar-refractivity contribution >= 4 is 45.5 Å². The van der Waals surface area contributed by atoms with E-state index in [1.54, 1.807) is 11.8 Å². The number of carbonyl (C=O) groups is 2. The molecular formula is C13H14N2O3S2. The summed E-state index contributed by atoms with van der Waals surface area (Å²) in [5, 5.41) is 2.49. The zero-order valence-electron chi connectivity index (χ0n) is 10.9. The van der Waals surface area contributed by atoms with E-state index in [1.807, 2.05) is 18.2 Å². The Labute approximate surface area is 125 Å². The van der Waals surface area contributed by atoms with Crippen molar-refractivity contribution in [2.24, 2.45) is 4.99 Å². The molecule has 1 aromatic carbocycles. The molecule has 1 aromatic rings. The van der Waals surface area contributed by atoms with Gasteiger partial charge in [-0.3, -0.25) is 9.59 Å². The number of methoxy groups -OCH3 is 1. The first-order chi connectivity index (χ1) is 9.69. The van der Waals surface area contributed by atoms with E-state index in [1.165, 1.54) is 24.4 Å². The molecule has 1 aliphatic heterocycles. The van der Waals surface area contributed by atoms with Crippen molar-refractivity contribution in [3.8, 4) is 0 Å². The van der Waals surface area contributed by atoms with Crippen LogP contribution in [-0.2, 0) is 20.1 Å². The number of para-hydroxylation sites is 1. The number of esters is 1. The molecule has 0 bridgehead atoms. The highest BCUT2D eigenvalue weighted by Crippen LogP contribution is 2.34. The van der Waals surface area contributed by atoms with Gasteiger partial charge in [0.2, 0.25) is 5.91 Å². The molecule has 0 radical (unpaired) electrons. The third kappa shape index (κ3) is 4.28. The van der Waals surface area contributed by atoms with Crippen molar-refractivity contribution in [2.75, 3.05) is 19.4 Å². The summed E-state index contributed by atoms with van der Waals surface area (Å²) in [5.41, 5.74) is 2.17. The van der Waals surface area contributed by atoms with E-state index in [0.717, 1.165) is 15.8 Å². The van der Waals surface area contributed by atoms with Gasteiger partial charge in [0.15, 0.2) is 0 Å². The molecule has 0 saturated heterocycles. The standard InChI is InChI=1S/C13H14N2O3S2/c1-18-12(17)6-14-11(16)8-20-13-15-10-5-3-2-4-9(10)7-19-13/h2-5H,6-8H2,1H3,(H,14,16). The van der Waals surface area contributed by atoms with E-state index in [2.05, 4.69) is 21.1 Å². The molecule has 5 nitrogen and oxygen atoms in total. The van der Waals surface area contributed by atoms with Gasteiger partial charge >= 0.3 is 5.97 Å². The second kappa shape index (κ2) is 7.35. The van der Waals surface area contributed by atoms with Crippen LogP contribution in [-0.4, -0.2) is 35.7 Å². The number of nitrogens with zero attached hydrogens (tertiary/aromatic N) is 1. The van der Waals surface area contributed by atoms with Gasteiger partial charge in [-0.05, 0) is 11.6 Å². The highest BCUT2D eigenvalue weighted by Gasteiger charge is 2.14. The maximum atomic E-state index is 11.5. The second-order valence-corrected chi connectivity index (χ2v) is 6.12. The average molecular weight is 310 g/mol. The van der Waals surface area contributed by atoms with E-state index in [9.17, 15) is 9.59 Å². The number of fused-ring (bicyclic) bond motifs is 1. The molecule has 20 heavy (non-hydrogen) atoms. The van der Waals surface area contributed by atoms with Crippen LogP contribution in [0.5, 0.6) is 0 Å². The van der Waals surface area contributed by atoms with Crippen molar-refractivity contribution in [3.63, 3.8) is 0 Å². The van der Waals surface area contributed by atoms with Gasteiger partial charge in [0, 0.05) is 5.75 Å². The number of benzene rings is 1. The highest BCUT2D eigenvalue weighted by molar-refractivity contribution is 8.38. The fraction of sp³-hybridized carbons (Fsp3) is 0.308. The summed E-state index contributed by atoms with van der Waals surface area (Å²) in [6, 6.07) is 7.96. The Bertz CT molecular complexity index is 546. The van der Waals surface area contributed by atoms with Gasteiger partial charge in [-0.2, -0.15) is 0 Å². The summed E-state index contributed by atoms with van der Waals surface area (Å²) in [7, 11) is 1.29. The van der Waals surface area contributed by atoms with Gasteiger partial charge in [0.1, 0.15) is 10.9 Å². The number of carbonyl (C=O) groups excluding carboxylic acids is 2. The van der Waals surface area contributed by atoms with Crippen LogP contribution in [0.3, 0.4) is 0 Å². The summed E-state index contributed by atoms with van der Waals surface area (Å²) in [5.74, 6) is 0.445. The number of thioether (sulfide) groups is 2. The predicted molar refractivity (Wildman–Crippen MR) is 82.3 cm³/mol. The summed E-state index contributed by atoms with van der Waals surface area (Å²) < 4.78 is 5.32. The van der Waals surface area contributed by atoms with Crippen LogP contribution < -0.4 is 5.32 Å². The van der Waals surface area contributed by atoms with Crippen molar-refractivity contribution < 1.29 is 14.3 Å². The number of amides is 1. The smallest absolute Gasteiger partial charge is 0.325 e. The van der Waals surface area contributed by atoms with Crippen molar-refractivity contribution in [3.05, 3.63) is 29.8 Å². The summed E-state index contributed by atoms with van der Waals surface area (Å²) in [6.07, 6.45) is 0. The summed E-state index contributed by atoms with van der Waals surface area (Å²) in [4.78, 5) is 26.9. The number of nitrogens with one attached hydrogen (secondary N) is 1. The molecule has 0 fully saturated rings. The van der Waals surface area contributed by atoms with Crippen molar-refractivity contribution in [1.29, 1.82) is 0 Å². The molecule has 0 aromatic heterocycles. The summed E-state index contributed by atoms with van der Waals surface area (Å²) >= 11 is 3.00. The molecule has 0 saturated carbocycles. The number of rotatable bonds is 4. The molecule has 0 aliphatic carbocycles. The molecule has 0 spiro atoms. The minimum Gasteiger partial charge on any atom is -0.468 e. The Morgan fingerprint density at radius 1 is 1.45 bits per heavy atom. The Morgan fingerprint density at radius 2 is 2.25 bits per heavy atom. The van der Waals surface area contributed by atoms with Gasteiger partial charge in [-0.15, -0.1) is 0 Å². The second-order valence-electron chi connectivity index (χ2n) is 3.94. The molecule has 0 atom stereocenters. The van der Waals surface area contributed by atoms with E-state index >= 15 is 0 Å². The molecular weight excluding hydrogens is 296 g/mol. The number of hydrogen-bond donors (Lipinski definition) is 1. The Morgan fingerprint density at radius 3 is 3.05 bits per heavy atom. The third-order valence-corrected chi connectivity index (χ3v) is 4.78. The SMILES string of the molecule is COC(=O)CNC(=O)CSC1=Nc2ccccc2CS1. The summed E-state index contributed by atoms with van der Waals surface area (Å²) in [6.45, 7) is -0.0989. The maximum Gasteiger partial charge on any atom is 0.325 e. The molecule has 1 heterocycles. The van der Waals surface area contributed by atoms with Crippen LogP contribution in [0.25, 0.3) is 0 Å². The van der Waals surface area contributed by atoms with Gasteiger partial charge < -0.3 is 10.1 Å². The van der Waals surface area contributed by atoms with Crippen molar-refractivity contribution in [2.45, 2.75) is 5.75 Å². The lowest BCUT2D eigenvalue weighted by molar-refractivity contribution is -0.140. The lowest BCUT2D eigenvalue weighted by Crippen LogP contribution is -2.31. The van der Waals surface area contributed by atoms with E-state index in [0.29, 0.717) is 0 Å². The molecule has 7 heteroatoms. The number of ether oxygens (including phenoxy) is 1. The third-order valence-electron chi connectivity index (χ3n) is 2.54. The van der Waals surface area contributed by atoms with Gasteiger partial charge in [0.25, 0.3) is 0 Å². The molecule has 1 aliphatic rings. The Hall–Kier alpha value is -1.47. The maximum absolute atomic E-state index is 11.5. The Balaban J connectivity index is 1.82. The fourth-order valence-electron chi connectivity index (χ4n) is 1.51. The average Bonchev–Trinajstić information content (AvgIpc) is 2.50. The first-order valence-electron chi connectivity index (χ1n) is 5.94. The molecule has 1 N–H and O–H groups in total. The van der Waals surface area contributed by atoms with Crippen LogP contribution in [0.15, 0.2) is 29.3 Å². The number of aliphatic imine (C=N–C) groups is 1. The zero-order valence-corrected chi connectivity index (χ0v) is 12.6. The van der Waals surface area contributed by atoms with Gasteiger partial charge in [-0.1, -0.05) is 41.7 Å². The van der Waals surface area contributed by atoms with E-state index in [4.69, 9.17) is 0 Å². The van der Waals surface area contributed by atoms with Crippen LogP contribution in [0.4, 0.5) is 5.69 Å². The quantitative estimate of drug-likeness (QED) is 0.861. The minimum absolute atomic E-state index is 0.0989. The molecule has 0 unspecified atom stereocenters. The van der Waals surface area contributed by atoms with Crippen LogP contribution in [0.1, 0.15) is 5.56 Å². The van der Waals surface area contributed by atoms with Crippen LogP contribution in [0.2, 0.25) is 0 Å². The first kappa shape index (κ1) is 14.9. The topological polar surface area (TPSA) is 67.8 Å². The first-order valence-corrected chi connectivity index (χ1v) is 7.92. The molecule has 1 amide bonds. The lowest BCUT2D eigenvalue weighted by atomic mass is 10.2. The number of hydrogen-bond acceptors (Lipinski definition) is 6. The molecule has 2 rings (SSSR count). The van der Waals surface area contributed by atoms with Gasteiger partial charge in [-0.25, -0.2) is 4.99 Å². The highest BCUT2D eigenvalue weighted by atomic mass is 32.2. The largest absolute Gasteiger partial charge is 0.468 e. The zero-order chi connectivity index (χ0) is 14.4. The fourth-order valence-corrected chi connectivity index (χ4v) is 3.40. The van der Waals surface area contributed by atoms with Crippen molar-refractivity contribution in [1.82, 2.24) is 5.32 Å². The van der Waals surface area contributed by atoms with Crippen LogP contribution in [0, 0.1) is 0 Å². The molecule has 106 valence electrons. The van der Waals surface area contributed by atoms with E-state index in [-0.39, 0.29) is 18.2 Å².